The molecule has 1 N–H and O–H groups in total. The number of carbonyl (C=O) groups excluding carboxylic acids is 1. The molecular formula is C19H36N2O2. The molecular weight excluding hydrogens is 288 g/mol. The molecule has 0 spiro atoms. The Morgan fingerprint density at radius 3 is 2.48 bits per heavy atom. The maximum Gasteiger partial charge on any atom is 0.410 e. The Kier molecular flexibility index (Phi) is 5.99. The van der Waals surface area contributed by atoms with E-state index in [-0.39, 0.29) is 6.09 Å². The first-order valence-corrected chi connectivity index (χ1v) is 9.39. The Labute approximate surface area is 142 Å². The second-order valence-electron chi connectivity index (χ2n) is 9.15. The number of nitrogens with zero attached hydrogens (tertiary/aromatic N) is 1. The Morgan fingerprint density at radius 1 is 1.22 bits per heavy atom. The highest BCUT2D eigenvalue weighted by molar-refractivity contribution is 5.68. The number of nitrogens with one attached hydrogen (secondary N) is 1. The predicted molar refractivity (Wildman–Crippen MR) is 94.6 cm³/mol. The Balaban J connectivity index is 1.71. The van der Waals surface area contributed by atoms with Crippen LogP contribution in [0.3, 0.4) is 0 Å². The summed E-state index contributed by atoms with van der Waals surface area (Å²) in [5.41, 5.74) is 0.120. The lowest BCUT2D eigenvalue weighted by atomic mass is 9.75. The summed E-state index contributed by atoms with van der Waals surface area (Å²) in [5.74, 6) is 0. The molecule has 23 heavy (non-hydrogen) atoms. The third-order valence-electron chi connectivity index (χ3n) is 5.25. The van der Waals surface area contributed by atoms with Gasteiger partial charge in [0.25, 0.3) is 0 Å². The minimum Gasteiger partial charge on any atom is -0.444 e. The van der Waals surface area contributed by atoms with Crippen LogP contribution < -0.4 is 5.32 Å². The average molecular weight is 325 g/mol. The van der Waals surface area contributed by atoms with Gasteiger partial charge in [-0.2, -0.15) is 0 Å². The average Bonchev–Trinajstić information content (AvgIpc) is 2.87. The van der Waals surface area contributed by atoms with Gasteiger partial charge < -0.3 is 15.0 Å². The third-order valence-corrected chi connectivity index (χ3v) is 5.25. The van der Waals surface area contributed by atoms with Gasteiger partial charge in [0, 0.05) is 18.6 Å². The number of likely N-dealkylation sites (tertiary alicyclic amines) is 1. The summed E-state index contributed by atoms with van der Waals surface area (Å²) >= 11 is 0. The van der Waals surface area contributed by atoms with Gasteiger partial charge >= 0.3 is 6.09 Å². The monoisotopic (exact) mass is 324 g/mol. The molecule has 0 bridgehead atoms. The van der Waals surface area contributed by atoms with Crippen LogP contribution >= 0.6 is 0 Å². The molecule has 1 amide bonds. The van der Waals surface area contributed by atoms with Crippen molar-refractivity contribution in [1.29, 1.82) is 0 Å². The first kappa shape index (κ1) is 18.6. The number of rotatable bonds is 4. The second kappa shape index (κ2) is 7.42. The van der Waals surface area contributed by atoms with Crippen molar-refractivity contribution < 1.29 is 9.53 Å². The third kappa shape index (κ3) is 5.98. The summed E-state index contributed by atoms with van der Waals surface area (Å²) in [6.07, 6.45) is 8.32. The van der Waals surface area contributed by atoms with Crippen molar-refractivity contribution in [2.75, 3.05) is 13.1 Å². The SMILES string of the molecule is CC1(C)CCC(NCCC2CCCN2C(=O)OC(C)(C)C)CC1. The van der Waals surface area contributed by atoms with Crippen molar-refractivity contribution in [3.63, 3.8) is 0 Å². The maximum atomic E-state index is 12.3. The molecule has 4 nitrogen and oxygen atoms in total. The lowest BCUT2D eigenvalue weighted by molar-refractivity contribution is 0.0220. The van der Waals surface area contributed by atoms with Crippen LogP contribution in [0.5, 0.6) is 0 Å². The molecule has 1 unspecified atom stereocenters. The second-order valence-corrected chi connectivity index (χ2v) is 9.15. The zero-order valence-electron chi connectivity index (χ0n) is 15.8. The largest absolute Gasteiger partial charge is 0.444 e. The van der Waals surface area contributed by atoms with Crippen LogP contribution in [0.2, 0.25) is 0 Å². The molecule has 1 saturated heterocycles. The van der Waals surface area contributed by atoms with Crippen molar-refractivity contribution in [3.8, 4) is 0 Å². The van der Waals surface area contributed by atoms with Crippen molar-refractivity contribution in [1.82, 2.24) is 10.2 Å². The smallest absolute Gasteiger partial charge is 0.410 e. The standard InChI is InChI=1S/C19H36N2O2/c1-18(2,3)23-17(22)21-14-6-7-16(21)10-13-20-15-8-11-19(4,5)12-9-15/h15-16,20H,6-14H2,1-5H3. The fraction of sp³-hybridized carbons (Fsp3) is 0.947. The van der Waals surface area contributed by atoms with Gasteiger partial charge in [0.2, 0.25) is 0 Å². The van der Waals surface area contributed by atoms with Gasteiger partial charge in [0.1, 0.15) is 5.60 Å². The van der Waals surface area contributed by atoms with E-state index in [9.17, 15) is 4.79 Å². The molecule has 0 radical (unpaired) electrons. The summed E-state index contributed by atoms with van der Waals surface area (Å²) in [7, 11) is 0. The first-order chi connectivity index (χ1) is 10.7. The highest BCUT2D eigenvalue weighted by Gasteiger charge is 2.32. The summed E-state index contributed by atoms with van der Waals surface area (Å²) in [6, 6.07) is 1.01. The topological polar surface area (TPSA) is 41.6 Å². The molecule has 4 heteroatoms. The van der Waals surface area contributed by atoms with Gasteiger partial charge in [-0.05, 0) is 77.7 Å². The van der Waals surface area contributed by atoms with Crippen molar-refractivity contribution in [2.45, 2.75) is 97.2 Å². The zero-order chi connectivity index (χ0) is 17.1. The minimum atomic E-state index is -0.405. The molecule has 1 aliphatic carbocycles. The van der Waals surface area contributed by atoms with E-state index >= 15 is 0 Å². The molecule has 1 heterocycles. The lowest BCUT2D eigenvalue weighted by Gasteiger charge is -2.35. The highest BCUT2D eigenvalue weighted by atomic mass is 16.6. The van der Waals surface area contributed by atoms with Gasteiger partial charge in [-0.15, -0.1) is 0 Å². The van der Waals surface area contributed by atoms with Crippen LogP contribution in [0.1, 0.15) is 79.6 Å². The van der Waals surface area contributed by atoms with E-state index in [2.05, 4.69) is 19.2 Å². The number of hydrogen-bond donors (Lipinski definition) is 1. The number of ether oxygens (including phenoxy) is 1. The number of hydrogen-bond acceptors (Lipinski definition) is 3. The normalized spacial score (nSPS) is 25.6. The highest BCUT2D eigenvalue weighted by Crippen LogP contribution is 2.35. The van der Waals surface area contributed by atoms with Crippen LogP contribution in [0.25, 0.3) is 0 Å². The summed E-state index contributed by atoms with van der Waals surface area (Å²) in [6.45, 7) is 12.4. The van der Waals surface area contributed by atoms with E-state index in [0.717, 1.165) is 32.4 Å². The summed E-state index contributed by atoms with van der Waals surface area (Å²) in [5, 5.41) is 3.72. The van der Waals surface area contributed by atoms with Gasteiger partial charge in [0.15, 0.2) is 0 Å². The fourth-order valence-corrected chi connectivity index (χ4v) is 3.75. The van der Waals surface area contributed by atoms with E-state index in [1.54, 1.807) is 0 Å². The molecule has 134 valence electrons. The molecule has 0 aromatic heterocycles. The van der Waals surface area contributed by atoms with Crippen molar-refractivity contribution >= 4 is 6.09 Å². The molecule has 1 saturated carbocycles. The van der Waals surface area contributed by atoms with Crippen LogP contribution in [0, 0.1) is 5.41 Å². The van der Waals surface area contributed by atoms with Crippen LogP contribution in [0.15, 0.2) is 0 Å². The zero-order valence-corrected chi connectivity index (χ0v) is 15.8. The molecule has 0 aromatic rings. The molecule has 0 aromatic carbocycles. The fourth-order valence-electron chi connectivity index (χ4n) is 3.75. The van der Waals surface area contributed by atoms with Crippen LogP contribution in [-0.2, 0) is 4.74 Å². The molecule has 2 aliphatic rings. The van der Waals surface area contributed by atoms with Crippen molar-refractivity contribution in [2.24, 2.45) is 5.41 Å². The number of carbonyl (C=O) groups is 1. The molecule has 1 atom stereocenters. The van der Waals surface area contributed by atoms with E-state index in [1.807, 2.05) is 25.7 Å². The number of amides is 1. The van der Waals surface area contributed by atoms with Gasteiger partial charge in [-0.3, -0.25) is 0 Å². The predicted octanol–water partition coefficient (Wildman–Crippen LogP) is 4.33. The summed E-state index contributed by atoms with van der Waals surface area (Å²) < 4.78 is 5.54. The maximum absolute atomic E-state index is 12.3. The van der Waals surface area contributed by atoms with Crippen LogP contribution in [-0.4, -0.2) is 41.8 Å². The summed E-state index contributed by atoms with van der Waals surface area (Å²) in [4.78, 5) is 14.2. The molecule has 2 fully saturated rings. The quantitative estimate of drug-likeness (QED) is 0.836. The van der Waals surface area contributed by atoms with Crippen LogP contribution in [0.4, 0.5) is 4.79 Å². The molecule has 2 rings (SSSR count). The lowest BCUT2D eigenvalue weighted by Crippen LogP contribution is -2.42. The van der Waals surface area contributed by atoms with Gasteiger partial charge in [-0.25, -0.2) is 4.79 Å². The van der Waals surface area contributed by atoms with E-state index in [4.69, 9.17) is 4.74 Å². The minimum absolute atomic E-state index is 0.139. The Morgan fingerprint density at radius 2 is 1.87 bits per heavy atom. The Hall–Kier alpha value is -0.770. The van der Waals surface area contributed by atoms with E-state index in [0.29, 0.717) is 17.5 Å². The van der Waals surface area contributed by atoms with E-state index in [1.165, 1.54) is 25.7 Å². The van der Waals surface area contributed by atoms with Crippen molar-refractivity contribution in [3.05, 3.63) is 0 Å². The molecule has 1 aliphatic heterocycles. The van der Waals surface area contributed by atoms with Gasteiger partial charge in [0.05, 0.1) is 0 Å². The van der Waals surface area contributed by atoms with Gasteiger partial charge in [-0.1, -0.05) is 13.8 Å². The first-order valence-electron chi connectivity index (χ1n) is 9.39. The van der Waals surface area contributed by atoms with E-state index < -0.39 is 5.60 Å². The Bertz CT molecular complexity index is 391.